The van der Waals surface area contributed by atoms with Gasteiger partial charge in [0.2, 0.25) is 0 Å². The highest BCUT2D eigenvalue weighted by molar-refractivity contribution is 5.65. The van der Waals surface area contributed by atoms with E-state index in [1.165, 1.54) is 11.1 Å². The normalized spacial score (nSPS) is 10.4. The summed E-state index contributed by atoms with van der Waals surface area (Å²) in [7, 11) is 1.86. The van der Waals surface area contributed by atoms with Crippen LogP contribution in [0.15, 0.2) is 24.3 Å². The first-order valence-electron chi connectivity index (χ1n) is 5.71. The van der Waals surface area contributed by atoms with Gasteiger partial charge in [0.15, 0.2) is 5.82 Å². The Morgan fingerprint density at radius 2 is 1.71 bits per heavy atom. The summed E-state index contributed by atoms with van der Waals surface area (Å²) in [5.74, 6) is 0.832. The average Bonchev–Trinajstić information content (AvgIpc) is 2.32. The molecular weight excluding hydrogens is 210 g/mol. The van der Waals surface area contributed by atoms with E-state index in [0.29, 0.717) is 0 Å². The quantitative estimate of drug-likeness (QED) is 0.856. The van der Waals surface area contributed by atoms with Crippen LogP contribution in [-0.4, -0.2) is 17.2 Å². The molecular formula is C14H17N3. The monoisotopic (exact) mass is 227 g/mol. The Morgan fingerprint density at radius 3 is 2.35 bits per heavy atom. The molecule has 0 aliphatic rings. The van der Waals surface area contributed by atoms with Crippen LogP contribution in [0.1, 0.15) is 16.7 Å². The molecule has 1 aromatic heterocycles. The van der Waals surface area contributed by atoms with E-state index >= 15 is 0 Å². The van der Waals surface area contributed by atoms with Crippen LogP contribution >= 0.6 is 0 Å². The van der Waals surface area contributed by atoms with Gasteiger partial charge >= 0.3 is 0 Å². The Labute approximate surface area is 102 Å². The zero-order chi connectivity index (χ0) is 12.4. The zero-order valence-electron chi connectivity index (χ0n) is 10.7. The molecule has 0 aliphatic carbocycles. The van der Waals surface area contributed by atoms with E-state index in [1.54, 1.807) is 0 Å². The van der Waals surface area contributed by atoms with E-state index in [2.05, 4.69) is 53.6 Å². The largest absolute Gasteiger partial charge is 0.371 e. The standard InChI is InChI=1S/C14H17N3/c1-9-5-6-10(2)12(7-9)13-8-11(3)14(15-4)17-16-13/h5-8H,1-4H3,(H,15,17). The van der Waals surface area contributed by atoms with Crippen molar-refractivity contribution < 1.29 is 0 Å². The van der Waals surface area contributed by atoms with Crippen LogP contribution in [0.25, 0.3) is 11.3 Å². The predicted octanol–water partition coefficient (Wildman–Crippen LogP) is 3.11. The number of aryl methyl sites for hydroxylation is 3. The lowest BCUT2D eigenvalue weighted by molar-refractivity contribution is 1.02. The second kappa shape index (κ2) is 4.53. The maximum atomic E-state index is 4.27. The molecule has 0 amide bonds. The Balaban J connectivity index is 2.53. The molecule has 0 saturated heterocycles. The lowest BCUT2D eigenvalue weighted by atomic mass is 10.0. The highest BCUT2D eigenvalue weighted by Gasteiger charge is 2.07. The van der Waals surface area contributed by atoms with Crippen molar-refractivity contribution in [2.75, 3.05) is 12.4 Å². The Morgan fingerprint density at radius 1 is 0.941 bits per heavy atom. The highest BCUT2D eigenvalue weighted by Crippen LogP contribution is 2.24. The van der Waals surface area contributed by atoms with E-state index in [4.69, 9.17) is 0 Å². The van der Waals surface area contributed by atoms with E-state index < -0.39 is 0 Å². The fourth-order valence-corrected chi connectivity index (χ4v) is 1.88. The van der Waals surface area contributed by atoms with Crippen molar-refractivity contribution in [2.24, 2.45) is 0 Å². The fraction of sp³-hybridized carbons (Fsp3) is 0.286. The summed E-state index contributed by atoms with van der Waals surface area (Å²) in [5, 5.41) is 11.5. The fourth-order valence-electron chi connectivity index (χ4n) is 1.88. The number of benzene rings is 1. The molecule has 1 aromatic carbocycles. The van der Waals surface area contributed by atoms with Crippen molar-refractivity contribution in [3.8, 4) is 11.3 Å². The van der Waals surface area contributed by atoms with Crippen LogP contribution in [0.5, 0.6) is 0 Å². The lowest BCUT2D eigenvalue weighted by Gasteiger charge is -2.08. The lowest BCUT2D eigenvalue weighted by Crippen LogP contribution is -1.99. The maximum absolute atomic E-state index is 4.27. The minimum absolute atomic E-state index is 0.832. The van der Waals surface area contributed by atoms with Gasteiger partial charge in [-0.2, -0.15) is 0 Å². The second-order valence-electron chi connectivity index (χ2n) is 4.33. The summed E-state index contributed by atoms with van der Waals surface area (Å²) < 4.78 is 0. The molecule has 0 spiro atoms. The molecule has 0 bridgehead atoms. The van der Waals surface area contributed by atoms with Gasteiger partial charge < -0.3 is 5.32 Å². The van der Waals surface area contributed by atoms with Gasteiger partial charge in [-0.25, -0.2) is 0 Å². The Kier molecular flexibility index (Phi) is 3.09. The molecule has 0 fully saturated rings. The SMILES string of the molecule is CNc1nnc(-c2cc(C)ccc2C)cc1C. The third-order valence-corrected chi connectivity index (χ3v) is 2.89. The molecule has 17 heavy (non-hydrogen) atoms. The van der Waals surface area contributed by atoms with Gasteiger partial charge in [0.05, 0.1) is 5.69 Å². The van der Waals surface area contributed by atoms with Gasteiger partial charge in [-0.05, 0) is 44.0 Å². The molecule has 2 rings (SSSR count). The van der Waals surface area contributed by atoms with E-state index in [0.717, 1.165) is 22.6 Å². The van der Waals surface area contributed by atoms with Crippen LogP contribution < -0.4 is 5.32 Å². The summed E-state index contributed by atoms with van der Waals surface area (Å²) in [6.45, 7) is 6.22. The molecule has 0 atom stereocenters. The maximum Gasteiger partial charge on any atom is 0.151 e. The van der Waals surface area contributed by atoms with Gasteiger partial charge in [-0.15, -0.1) is 10.2 Å². The van der Waals surface area contributed by atoms with Crippen LogP contribution in [-0.2, 0) is 0 Å². The number of nitrogens with one attached hydrogen (secondary N) is 1. The molecule has 1 heterocycles. The number of hydrogen-bond acceptors (Lipinski definition) is 3. The van der Waals surface area contributed by atoms with Gasteiger partial charge in [0.25, 0.3) is 0 Å². The Bertz CT molecular complexity index is 547. The van der Waals surface area contributed by atoms with Crippen molar-refractivity contribution in [1.29, 1.82) is 0 Å². The molecule has 0 aliphatic heterocycles. The highest BCUT2D eigenvalue weighted by atomic mass is 15.2. The van der Waals surface area contributed by atoms with Crippen molar-refractivity contribution in [3.63, 3.8) is 0 Å². The molecule has 1 N–H and O–H groups in total. The first kappa shape index (κ1) is 11.6. The van der Waals surface area contributed by atoms with E-state index in [9.17, 15) is 0 Å². The topological polar surface area (TPSA) is 37.8 Å². The number of anilines is 1. The summed E-state index contributed by atoms with van der Waals surface area (Å²) in [6.07, 6.45) is 0. The van der Waals surface area contributed by atoms with Crippen LogP contribution in [0.3, 0.4) is 0 Å². The first-order valence-corrected chi connectivity index (χ1v) is 5.71. The predicted molar refractivity (Wildman–Crippen MR) is 71.2 cm³/mol. The molecule has 0 unspecified atom stereocenters. The average molecular weight is 227 g/mol. The van der Waals surface area contributed by atoms with Crippen molar-refractivity contribution in [3.05, 3.63) is 41.0 Å². The smallest absolute Gasteiger partial charge is 0.151 e. The summed E-state index contributed by atoms with van der Waals surface area (Å²) >= 11 is 0. The van der Waals surface area contributed by atoms with Gasteiger partial charge in [-0.1, -0.05) is 17.7 Å². The summed E-state index contributed by atoms with van der Waals surface area (Å²) in [6, 6.07) is 8.45. The molecule has 88 valence electrons. The third kappa shape index (κ3) is 2.28. The van der Waals surface area contributed by atoms with Crippen molar-refractivity contribution >= 4 is 5.82 Å². The van der Waals surface area contributed by atoms with E-state index in [1.807, 2.05) is 14.0 Å². The minimum atomic E-state index is 0.832. The summed E-state index contributed by atoms with van der Waals surface area (Å²) in [4.78, 5) is 0. The Hall–Kier alpha value is -1.90. The molecule has 3 nitrogen and oxygen atoms in total. The van der Waals surface area contributed by atoms with Crippen LogP contribution in [0.2, 0.25) is 0 Å². The van der Waals surface area contributed by atoms with Gasteiger partial charge in [-0.3, -0.25) is 0 Å². The number of nitrogens with zero attached hydrogens (tertiary/aromatic N) is 2. The van der Waals surface area contributed by atoms with Crippen LogP contribution in [0, 0.1) is 20.8 Å². The third-order valence-electron chi connectivity index (χ3n) is 2.89. The van der Waals surface area contributed by atoms with Crippen LogP contribution in [0.4, 0.5) is 5.82 Å². The second-order valence-corrected chi connectivity index (χ2v) is 4.33. The molecule has 3 heteroatoms. The van der Waals surface area contributed by atoms with Gasteiger partial charge in [0, 0.05) is 12.6 Å². The van der Waals surface area contributed by atoms with Crippen molar-refractivity contribution in [1.82, 2.24) is 10.2 Å². The zero-order valence-corrected chi connectivity index (χ0v) is 10.7. The molecule has 0 radical (unpaired) electrons. The molecule has 0 saturated carbocycles. The number of hydrogen-bond donors (Lipinski definition) is 1. The van der Waals surface area contributed by atoms with Crippen molar-refractivity contribution in [2.45, 2.75) is 20.8 Å². The minimum Gasteiger partial charge on any atom is -0.371 e. The number of aromatic nitrogens is 2. The van der Waals surface area contributed by atoms with E-state index in [-0.39, 0.29) is 0 Å². The van der Waals surface area contributed by atoms with Gasteiger partial charge in [0.1, 0.15) is 0 Å². The summed E-state index contributed by atoms with van der Waals surface area (Å²) in [5.41, 5.74) is 5.66. The molecule has 2 aromatic rings. The number of rotatable bonds is 2. The first-order chi connectivity index (χ1) is 8.11.